The second-order valence-electron chi connectivity index (χ2n) is 8.10. The number of fused-ring (bicyclic) bond motifs is 4. The number of aryl methyl sites for hydroxylation is 1. The van der Waals surface area contributed by atoms with E-state index in [-0.39, 0.29) is 5.91 Å². The molecule has 4 heterocycles. The monoisotopic (exact) mass is 390 g/mol. The Morgan fingerprint density at radius 1 is 1.14 bits per heavy atom. The summed E-state index contributed by atoms with van der Waals surface area (Å²) >= 11 is 1.62. The number of piperidine rings is 3. The van der Waals surface area contributed by atoms with Gasteiger partial charge >= 0.3 is 0 Å². The van der Waals surface area contributed by atoms with Crippen molar-refractivity contribution in [2.75, 3.05) is 19.6 Å². The summed E-state index contributed by atoms with van der Waals surface area (Å²) in [4.78, 5) is 16.3. The summed E-state index contributed by atoms with van der Waals surface area (Å²) in [6.45, 7) is 5.57. The Labute approximate surface area is 170 Å². The number of rotatable bonds is 4. The predicted molar refractivity (Wildman–Crippen MR) is 117 cm³/mol. The van der Waals surface area contributed by atoms with Gasteiger partial charge in [0, 0.05) is 17.3 Å². The molecule has 0 aliphatic carbocycles. The van der Waals surface area contributed by atoms with Crippen LogP contribution < -0.4 is 5.32 Å². The molecular weight excluding hydrogens is 364 g/mol. The number of amides is 1. The van der Waals surface area contributed by atoms with Crippen molar-refractivity contribution in [3.8, 4) is 11.1 Å². The van der Waals surface area contributed by atoms with Crippen molar-refractivity contribution in [2.45, 2.75) is 32.2 Å². The molecular formula is C24H26N2OS. The van der Waals surface area contributed by atoms with Crippen LogP contribution in [0.25, 0.3) is 21.2 Å². The molecule has 1 N–H and O–H groups in total. The summed E-state index contributed by atoms with van der Waals surface area (Å²) < 4.78 is 1.20. The molecule has 2 aromatic carbocycles. The third-order valence-corrected chi connectivity index (χ3v) is 7.60. The average Bonchev–Trinajstić information content (AvgIpc) is 3.19. The Balaban J connectivity index is 1.42. The second kappa shape index (κ2) is 7.34. The molecule has 3 fully saturated rings. The minimum atomic E-state index is 0.0900. The summed E-state index contributed by atoms with van der Waals surface area (Å²) in [5.74, 6) is 0.739. The van der Waals surface area contributed by atoms with Gasteiger partial charge in [-0.05, 0) is 66.4 Å². The number of nitrogens with one attached hydrogen (secondary N) is 1. The van der Waals surface area contributed by atoms with Crippen LogP contribution in [-0.4, -0.2) is 36.5 Å². The molecule has 144 valence electrons. The van der Waals surface area contributed by atoms with Crippen molar-refractivity contribution in [1.82, 2.24) is 10.2 Å². The lowest BCUT2D eigenvalue weighted by molar-refractivity contribution is 0.0622. The minimum Gasteiger partial charge on any atom is -0.347 e. The molecule has 1 atom stereocenters. The molecule has 28 heavy (non-hydrogen) atoms. The molecule has 6 rings (SSSR count). The van der Waals surface area contributed by atoms with E-state index in [2.05, 4.69) is 65.7 Å². The number of hydrogen-bond donors (Lipinski definition) is 1. The van der Waals surface area contributed by atoms with Gasteiger partial charge in [0.2, 0.25) is 0 Å². The molecule has 3 aromatic rings. The molecule has 0 unspecified atom stereocenters. The maximum absolute atomic E-state index is 13.0. The molecule has 3 nitrogen and oxygen atoms in total. The predicted octanol–water partition coefficient (Wildman–Crippen LogP) is 4.95. The standard InChI is InChI=1S/C24H26N2OS/c1-2-16-6-8-17(9-7-16)20-5-3-4-19-14-22(28-23(19)20)24(27)25-21-15-26-12-10-18(21)11-13-26/h3-9,14,18,21H,2,10-13,15H2,1H3,(H,25,27)/t21-/m0/s1. The van der Waals surface area contributed by atoms with Crippen LogP contribution >= 0.6 is 11.3 Å². The van der Waals surface area contributed by atoms with Crippen LogP contribution in [0.4, 0.5) is 0 Å². The maximum atomic E-state index is 13.0. The van der Waals surface area contributed by atoms with E-state index in [1.54, 1.807) is 11.3 Å². The van der Waals surface area contributed by atoms with Crippen molar-refractivity contribution in [1.29, 1.82) is 0 Å². The van der Waals surface area contributed by atoms with Crippen molar-refractivity contribution in [3.63, 3.8) is 0 Å². The normalized spacial score (nSPS) is 23.8. The van der Waals surface area contributed by atoms with Crippen molar-refractivity contribution in [2.24, 2.45) is 5.92 Å². The number of carbonyl (C=O) groups excluding carboxylic acids is 1. The van der Waals surface area contributed by atoms with Crippen LogP contribution in [0.2, 0.25) is 0 Å². The fourth-order valence-electron chi connectivity index (χ4n) is 4.69. The molecule has 0 spiro atoms. The quantitative estimate of drug-likeness (QED) is 0.683. The van der Waals surface area contributed by atoms with Crippen LogP contribution in [0.15, 0.2) is 48.5 Å². The van der Waals surface area contributed by atoms with Crippen molar-refractivity contribution in [3.05, 3.63) is 59.0 Å². The third kappa shape index (κ3) is 3.25. The largest absolute Gasteiger partial charge is 0.347 e. The van der Waals surface area contributed by atoms with Gasteiger partial charge in [0.05, 0.1) is 4.88 Å². The highest BCUT2D eigenvalue weighted by molar-refractivity contribution is 7.21. The highest BCUT2D eigenvalue weighted by Crippen LogP contribution is 2.35. The summed E-state index contributed by atoms with van der Waals surface area (Å²) in [6, 6.07) is 17.5. The number of nitrogens with zero attached hydrogens (tertiary/aromatic N) is 1. The van der Waals surface area contributed by atoms with E-state index in [1.807, 2.05) is 0 Å². The number of carbonyl (C=O) groups is 1. The van der Waals surface area contributed by atoms with E-state index in [4.69, 9.17) is 0 Å². The van der Waals surface area contributed by atoms with Crippen LogP contribution in [0.1, 0.15) is 35.0 Å². The van der Waals surface area contributed by atoms with E-state index >= 15 is 0 Å². The zero-order valence-electron chi connectivity index (χ0n) is 16.3. The van der Waals surface area contributed by atoms with Crippen LogP contribution in [0, 0.1) is 5.92 Å². The van der Waals surface area contributed by atoms with Crippen LogP contribution in [0.5, 0.6) is 0 Å². The van der Waals surface area contributed by atoms with E-state index in [0.29, 0.717) is 12.0 Å². The number of thiophene rings is 1. The van der Waals surface area contributed by atoms with Gasteiger partial charge in [0.15, 0.2) is 0 Å². The summed E-state index contributed by atoms with van der Waals surface area (Å²) in [6.07, 6.45) is 3.48. The van der Waals surface area contributed by atoms with Gasteiger partial charge in [-0.15, -0.1) is 11.3 Å². The molecule has 0 radical (unpaired) electrons. The lowest BCUT2D eigenvalue weighted by Crippen LogP contribution is -2.57. The molecule has 1 aromatic heterocycles. The zero-order valence-corrected chi connectivity index (χ0v) is 17.1. The number of hydrogen-bond acceptors (Lipinski definition) is 3. The molecule has 3 aliphatic heterocycles. The fraction of sp³-hybridized carbons (Fsp3) is 0.375. The van der Waals surface area contributed by atoms with Gasteiger partial charge in [-0.25, -0.2) is 0 Å². The fourth-order valence-corrected chi connectivity index (χ4v) is 5.79. The van der Waals surface area contributed by atoms with Gasteiger partial charge in [-0.3, -0.25) is 4.79 Å². The van der Waals surface area contributed by atoms with Crippen LogP contribution in [0.3, 0.4) is 0 Å². The van der Waals surface area contributed by atoms with Gasteiger partial charge in [0.1, 0.15) is 0 Å². The Morgan fingerprint density at radius 2 is 1.93 bits per heavy atom. The lowest BCUT2D eigenvalue weighted by atomic mass is 9.84. The molecule has 3 aliphatic rings. The first-order chi connectivity index (χ1) is 13.7. The van der Waals surface area contributed by atoms with E-state index in [1.165, 1.54) is 47.3 Å². The smallest absolute Gasteiger partial charge is 0.261 e. The van der Waals surface area contributed by atoms with E-state index in [0.717, 1.165) is 23.2 Å². The third-order valence-electron chi connectivity index (χ3n) is 6.41. The molecule has 4 heteroatoms. The van der Waals surface area contributed by atoms with E-state index < -0.39 is 0 Å². The second-order valence-corrected chi connectivity index (χ2v) is 9.16. The first-order valence-corrected chi connectivity index (χ1v) is 11.2. The Morgan fingerprint density at radius 3 is 2.61 bits per heavy atom. The Bertz CT molecular complexity index is 999. The zero-order chi connectivity index (χ0) is 19.1. The Hall–Kier alpha value is -2.17. The van der Waals surface area contributed by atoms with E-state index in [9.17, 15) is 4.79 Å². The molecule has 2 bridgehead atoms. The molecule has 3 saturated heterocycles. The lowest BCUT2D eigenvalue weighted by Gasteiger charge is -2.44. The summed E-state index contributed by atoms with van der Waals surface area (Å²) in [7, 11) is 0. The summed E-state index contributed by atoms with van der Waals surface area (Å²) in [5.41, 5.74) is 3.78. The average molecular weight is 391 g/mol. The first kappa shape index (κ1) is 17.9. The SMILES string of the molecule is CCc1ccc(-c2cccc3cc(C(=O)N[C@H]4CN5CCC4CC5)sc23)cc1. The Kier molecular flexibility index (Phi) is 4.69. The molecule has 0 saturated carbocycles. The van der Waals surface area contributed by atoms with Crippen LogP contribution in [-0.2, 0) is 6.42 Å². The van der Waals surface area contributed by atoms with Crippen molar-refractivity contribution < 1.29 is 4.79 Å². The number of benzene rings is 2. The highest BCUT2D eigenvalue weighted by Gasteiger charge is 2.35. The molecule has 1 amide bonds. The van der Waals surface area contributed by atoms with Gasteiger partial charge < -0.3 is 10.2 Å². The van der Waals surface area contributed by atoms with Gasteiger partial charge in [0.25, 0.3) is 5.91 Å². The first-order valence-electron chi connectivity index (χ1n) is 10.4. The van der Waals surface area contributed by atoms with Gasteiger partial charge in [-0.2, -0.15) is 0 Å². The van der Waals surface area contributed by atoms with Gasteiger partial charge in [-0.1, -0.05) is 49.4 Å². The van der Waals surface area contributed by atoms with Crippen molar-refractivity contribution >= 4 is 27.3 Å². The minimum absolute atomic E-state index is 0.0900. The maximum Gasteiger partial charge on any atom is 0.261 e. The summed E-state index contributed by atoms with van der Waals surface area (Å²) in [5, 5.41) is 4.49. The highest BCUT2D eigenvalue weighted by atomic mass is 32.1. The topological polar surface area (TPSA) is 32.3 Å².